The van der Waals surface area contributed by atoms with Gasteiger partial charge in [-0.15, -0.1) is 0 Å². The highest BCUT2D eigenvalue weighted by atomic mass is 16.6. The Morgan fingerprint density at radius 1 is 1.69 bits per heavy atom. The number of carboxylic acids is 1. The Labute approximate surface area is 93.9 Å². The van der Waals surface area contributed by atoms with Gasteiger partial charge in [-0.2, -0.15) is 0 Å². The standard InChI is InChI=1S/C10H16N2O4/c1-4-6(2)12(3)9(13)8-5-7(10(14)15)11-16-8/h6,8H,4-5H2,1-3H3,(H,14,15). The van der Waals surface area contributed by atoms with E-state index in [1.807, 2.05) is 13.8 Å². The van der Waals surface area contributed by atoms with Gasteiger partial charge in [0.1, 0.15) is 0 Å². The normalized spacial score (nSPS) is 20.9. The van der Waals surface area contributed by atoms with Crippen LogP contribution in [-0.2, 0) is 14.4 Å². The van der Waals surface area contributed by atoms with Gasteiger partial charge in [-0.05, 0) is 13.3 Å². The maximum atomic E-state index is 11.8. The number of nitrogens with zero attached hydrogens (tertiary/aromatic N) is 2. The van der Waals surface area contributed by atoms with E-state index in [1.165, 1.54) is 0 Å². The van der Waals surface area contributed by atoms with E-state index in [1.54, 1.807) is 11.9 Å². The topological polar surface area (TPSA) is 79.2 Å². The number of carbonyl (C=O) groups excluding carboxylic acids is 1. The lowest BCUT2D eigenvalue weighted by atomic mass is 10.1. The quantitative estimate of drug-likeness (QED) is 0.758. The molecule has 1 aliphatic rings. The van der Waals surface area contributed by atoms with Crippen LogP contribution in [0.25, 0.3) is 0 Å². The molecule has 0 aliphatic carbocycles. The Bertz CT molecular complexity index is 327. The number of rotatable bonds is 4. The van der Waals surface area contributed by atoms with Crippen LogP contribution in [0.1, 0.15) is 26.7 Å². The van der Waals surface area contributed by atoms with Gasteiger partial charge < -0.3 is 14.8 Å². The van der Waals surface area contributed by atoms with E-state index in [-0.39, 0.29) is 24.1 Å². The van der Waals surface area contributed by atoms with E-state index in [0.717, 1.165) is 6.42 Å². The Morgan fingerprint density at radius 3 is 2.75 bits per heavy atom. The first kappa shape index (κ1) is 12.5. The maximum absolute atomic E-state index is 11.8. The van der Waals surface area contributed by atoms with E-state index in [4.69, 9.17) is 9.94 Å². The second-order valence-electron chi connectivity index (χ2n) is 3.85. The Kier molecular flexibility index (Phi) is 3.87. The highest BCUT2D eigenvalue weighted by molar-refractivity contribution is 6.36. The summed E-state index contributed by atoms with van der Waals surface area (Å²) in [6.45, 7) is 3.90. The van der Waals surface area contributed by atoms with Crippen LogP contribution in [0.3, 0.4) is 0 Å². The number of carbonyl (C=O) groups is 2. The van der Waals surface area contributed by atoms with Crippen LogP contribution >= 0.6 is 0 Å². The van der Waals surface area contributed by atoms with Gasteiger partial charge in [-0.25, -0.2) is 4.79 Å². The molecule has 6 nitrogen and oxygen atoms in total. The molecule has 0 aromatic heterocycles. The fourth-order valence-corrected chi connectivity index (χ4v) is 1.35. The smallest absolute Gasteiger partial charge is 0.353 e. The zero-order valence-corrected chi connectivity index (χ0v) is 9.64. The third-order valence-electron chi connectivity index (χ3n) is 2.79. The highest BCUT2D eigenvalue weighted by Gasteiger charge is 2.34. The molecule has 6 heteroatoms. The van der Waals surface area contributed by atoms with Crippen molar-refractivity contribution in [2.75, 3.05) is 7.05 Å². The third kappa shape index (κ3) is 2.50. The highest BCUT2D eigenvalue weighted by Crippen LogP contribution is 2.15. The fourth-order valence-electron chi connectivity index (χ4n) is 1.35. The summed E-state index contributed by atoms with van der Waals surface area (Å²) in [6.07, 6.45) is 0.0846. The Hall–Kier alpha value is -1.59. The number of hydrogen-bond acceptors (Lipinski definition) is 4. The minimum Gasteiger partial charge on any atom is -0.477 e. The monoisotopic (exact) mass is 228 g/mol. The van der Waals surface area contributed by atoms with Gasteiger partial charge in [-0.1, -0.05) is 12.1 Å². The van der Waals surface area contributed by atoms with Crippen LogP contribution in [0.4, 0.5) is 0 Å². The minimum absolute atomic E-state index is 0.0366. The number of oxime groups is 1. The number of hydrogen-bond donors (Lipinski definition) is 1. The molecule has 90 valence electrons. The molecule has 16 heavy (non-hydrogen) atoms. The van der Waals surface area contributed by atoms with Crippen molar-refractivity contribution in [3.8, 4) is 0 Å². The van der Waals surface area contributed by atoms with Crippen molar-refractivity contribution < 1.29 is 19.5 Å². The lowest BCUT2D eigenvalue weighted by Gasteiger charge is -2.25. The summed E-state index contributed by atoms with van der Waals surface area (Å²) in [5, 5.41) is 12.0. The van der Waals surface area contributed by atoms with Crippen molar-refractivity contribution >= 4 is 17.6 Å². The zero-order valence-electron chi connectivity index (χ0n) is 9.64. The van der Waals surface area contributed by atoms with Crippen molar-refractivity contribution in [3.63, 3.8) is 0 Å². The Balaban J connectivity index is 2.56. The van der Waals surface area contributed by atoms with Gasteiger partial charge in [0.05, 0.1) is 0 Å². The van der Waals surface area contributed by atoms with E-state index < -0.39 is 12.1 Å². The zero-order chi connectivity index (χ0) is 12.3. The molecule has 0 saturated heterocycles. The molecule has 1 N–H and O–H groups in total. The van der Waals surface area contributed by atoms with Gasteiger partial charge in [0.25, 0.3) is 5.91 Å². The SMILES string of the molecule is CCC(C)N(C)C(=O)C1CC(C(=O)O)=NO1. The van der Waals surface area contributed by atoms with Crippen molar-refractivity contribution in [1.82, 2.24) is 4.90 Å². The van der Waals surface area contributed by atoms with Crippen LogP contribution in [0.2, 0.25) is 0 Å². The molecule has 0 radical (unpaired) electrons. The molecule has 0 fully saturated rings. The lowest BCUT2D eigenvalue weighted by molar-refractivity contribution is -0.142. The first-order valence-electron chi connectivity index (χ1n) is 5.20. The molecule has 1 heterocycles. The summed E-state index contributed by atoms with van der Waals surface area (Å²) < 4.78 is 0. The van der Waals surface area contributed by atoms with E-state index in [9.17, 15) is 9.59 Å². The lowest BCUT2D eigenvalue weighted by Crippen LogP contribution is -2.41. The summed E-state index contributed by atoms with van der Waals surface area (Å²) in [6, 6.07) is 0.102. The van der Waals surface area contributed by atoms with E-state index in [0.29, 0.717) is 0 Å². The average molecular weight is 228 g/mol. The van der Waals surface area contributed by atoms with Crippen LogP contribution < -0.4 is 0 Å². The molecule has 1 rings (SSSR count). The predicted molar refractivity (Wildman–Crippen MR) is 57.1 cm³/mol. The summed E-state index contributed by atoms with van der Waals surface area (Å²) >= 11 is 0. The number of aliphatic carboxylic acids is 1. The largest absolute Gasteiger partial charge is 0.477 e. The average Bonchev–Trinajstić information content (AvgIpc) is 2.75. The molecule has 0 aromatic rings. The summed E-state index contributed by atoms with van der Waals surface area (Å²) in [4.78, 5) is 28.8. The van der Waals surface area contributed by atoms with Crippen molar-refractivity contribution in [3.05, 3.63) is 0 Å². The molecule has 0 bridgehead atoms. The van der Waals surface area contributed by atoms with Gasteiger partial charge in [0.15, 0.2) is 5.71 Å². The second-order valence-corrected chi connectivity index (χ2v) is 3.85. The maximum Gasteiger partial charge on any atom is 0.353 e. The third-order valence-corrected chi connectivity index (χ3v) is 2.79. The minimum atomic E-state index is -1.14. The van der Waals surface area contributed by atoms with Crippen molar-refractivity contribution in [2.24, 2.45) is 5.16 Å². The van der Waals surface area contributed by atoms with Crippen molar-refractivity contribution in [1.29, 1.82) is 0 Å². The summed E-state index contributed by atoms with van der Waals surface area (Å²) in [5.74, 6) is -1.36. The first-order valence-corrected chi connectivity index (χ1v) is 5.20. The molecule has 2 unspecified atom stereocenters. The number of amides is 1. The molecule has 2 atom stereocenters. The van der Waals surface area contributed by atoms with E-state index >= 15 is 0 Å². The van der Waals surface area contributed by atoms with Gasteiger partial charge in [0.2, 0.25) is 6.10 Å². The molecular formula is C10H16N2O4. The summed E-state index contributed by atoms with van der Waals surface area (Å²) in [5.41, 5.74) is -0.101. The van der Waals surface area contributed by atoms with Gasteiger partial charge in [0, 0.05) is 19.5 Å². The molecule has 0 spiro atoms. The van der Waals surface area contributed by atoms with Crippen LogP contribution in [0.15, 0.2) is 5.16 Å². The number of likely N-dealkylation sites (N-methyl/N-ethyl adjacent to an activating group) is 1. The Morgan fingerprint density at radius 2 is 2.31 bits per heavy atom. The van der Waals surface area contributed by atoms with Crippen LogP contribution in [0.5, 0.6) is 0 Å². The first-order chi connectivity index (χ1) is 7.47. The number of carboxylic acid groups (broad SMARTS) is 1. The molecule has 0 saturated carbocycles. The second kappa shape index (κ2) is 4.96. The summed E-state index contributed by atoms with van der Waals surface area (Å²) in [7, 11) is 1.68. The van der Waals surface area contributed by atoms with Gasteiger partial charge in [-0.3, -0.25) is 4.79 Å². The van der Waals surface area contributed by atoms with Gasteiger partial charge >= 0.3 is 5.97 Å². The van der Waals surface area contributed by atoms with Crippen LogP contribution in [-0.4, -0.2) is 46.8 Å². The predicted octanol–water partition coefficient (Wildman–Crippen LogP) is 0.473. The fraction of sp³-hybridized carbons (Fsp3) is 0.700. The van der Waals surface area contributed by atoms with Crippen molar-refractivity contribution in [2.45, 2.75) is 38.8 Å². The molecular weight excluding hydrogens is 212 g/mol. The van der Waals surface area contributed by atoms with Crippen LogP contribution in [0, 0.1) is 0 Å². The molecule has 1 aliphatic heterocycles. The molecule has 0 aromatic carbocycles. The molecule has 1 amide bonds. The van der Waals surface area contributed by atoms with E-state index in [2.05, 4.69) is 5.16 Å².